The highest BCUT2D eigenvalue weighted by molar-refractivity contribution is 5.76. The Labute approximate surface area is 146 Å². The van der Waals surface area contributed by atoms with E-state index in [1.807, 2.05) is 13.8 Å². The van der Waals surface area contributed by atoms with Crippen molar-refractivity contribution >= 4 is 5.91 Å². The first-order chi connectivity index (χ1) is 12.0. The summed E-state index contributed by atoms with van der Waals surface area (Å²) in [7, 11) is 1.60. The van der Waals surface area contributed by atoms with Gasteiger partial charge in [0.2, 0.25) is 5.91 Å². The average molecular weight is 349 g/mol. The quantitative estimate of drug-likeness (QED) is 0.707. The maximum Gasteiger partial charge on any atom is 0.222 e. The van der Waals surface area contributed by atoms with E-state index >= 15 is 0 Å². The summed E-state index contributed by atoms with van der Waals surface area (Å²) >= 11 is 0. The van der Waals surface area contributed by atoms with Gasteiger partial charge in [0.15, 0.2) is 0 Å². The lowest BCUT2D eigenvalue weighted by molar-refractivity contribution is -0.122. The molecule has 0 aliphatic heterocycles. The van der Waals surface area contributed by atoms with E-state index in [-0.39, 0.29) is 17.8 Å². The van der Waals surface area contributed by atoms with Gasteiger partial charge >= 0.3 is 0 Å². The van der Waals surface area contributed by atoms with Crippen LogP contribution in [0.15, 0.2) is 30.5 Å². The molecule has 2 rings (SSSR count). The van der Waals surface area contributed by atoms with E-state index in [2.05, 4.69) is 10.4 Å². The molecule has 2 aromatic rings. The van der Waals surface area contributed by atoms with Crippen LogP contribution in [-0.2, 0) is 14.3 Å². The van der Waals surface area contributed by atoms with Gasteiger partial charge < -0.3 is 14.8 Å². The molecule has 0 aliphatic carbocycles. The van der Waals surface area contributed by atoms with E-state index in [9.17, 15) is 9.18 Å². The highest BCUT2D eigenvalue weighted by Gasteiger charge is 2.16. The van der Waals surface area contributed by atoms with Crippen molar-refractivity contribution in [3.05, 3.63) is 47.5 Å². The Morgan fingerprint density at radius 3 is 2.68 bits per heavy atom. The van der Waals surface area contributed by atoms with Crippen molar-refractivity contribution in [3.63, 3.8) is 0 Å². The third-order valence-electron chi connectivity index (χ3n) is 3.87. The van der Waals surface area contributed by atoms with Crippen LogP contribution in [0.3, 0.4) is 0 Å². The number of methoxy groups -OCH3 is 1. The van der Waals surface area contributed by atoms with Crippen molar-refractivity contribution in [2.24, 2.45) is 0 Å². The minimum Gasteiger partial charge on any atom is -0.382 e. The summed E-state index contributed by atoms with van der Waals surface area (Å²) in [6.07, 6.45) is 2.01. The van der Waals surface area contributed by atoms with Crippen LogP contribution in [0.1, 0.15) is 30.6 Å². The minimum atomic E-state index is -0.290. The molecule has 25 heavy (non-hydrogen) atoms. The van der Waals surface area contributed by atoms with Crippen LogP contribution >= 0.6 is 0 Å². The number of benzene rings is 1. The molecule has 0 spiro atoms. The molecule has 1 atom stereocenters. The van der Waals surface area contributed by atoms with Gasteiger partial charge in [-0.1, -0.05) is 0 Å². The van der Waals surface area contributed by atoms with Gasteiger partial charge in [-0.25, -0.2) is 9.07 Å². The molecule has 1 amide bonds. The third kappa shape index (κ3) is 5.37. The number of ether oxygens (including phenoxy) is 2. The molecular weight excluding hydrogens is 325 g/mol. The lowest BCUT2D eigenvalue weighted by Crippen LogP contribution is -2.28. The first-order valence-corrected chi connectivity index (χ1v) is 8.19. The standard InChI is InChI=1S/C18H24FN3O3/c1-13(21-18(23)8-9-25-11-10-24-3)17-12-20-22(14(17)2)16-6-4-15(19)5-7-16/h4-7,12-13H,8-11H2,1-3H3,(H,21,23)/t13-/m0/s1. The lowest BCUT2D eigenvalue weighted by Gasteiger charge is -2.14. The van der Waals surface area contributed by atoms with Crippen molar-refractivity contribution in [2.75, 3.05) is 26.9 Å². The van der Waals surface area contributed by atoms with Gasteiger partial charge in [-0.15, -0.1) is 0 Å². The number of rotatable bonds is 9. The molecule has 7 heteroatoms. The van der Waals surface area contributed by atoms with Crippen molar-refractivity contribution < 1.29 is 18.7 Å². The number of carbonyl (C=O) groups excluding carboxylic acids is 1. The van der Waals surface area contributed by atoms with E-state index in [0.29, 0.717) is 26.2 Å². The zero-order valence-electron chi connectivity index (χ0n) is 14.8. The lowest BCUT2D eigenvalue weighted by atomic mass is 10.1. The van der Waals surface area contributed by atoms with Gasteiger partial charge in [0.1, 0.15) is 5.82 Å². The number of halogens is 1. The molecule has 0 bridgehead atoms. The van der Waals surface area contributed by atoms with E-state index in [1.165, 1.54) is 12.1 Å². The predicted molar refractivity (Wildman–Crippen MR) is 92.1 cm³/mol. The third-order valence-corrected chi connectivity index (χ3v) is 3.87. The fraction of sp³-hybridized carbons (Fsp3) is 0.444. The summed E-state index contributed by atoms with van der Waals surface area (Å²) < 4.78 is 25.0. The second-order valence-electron chi connectivity index (χ2n) is 5.72. The summed E-state index contributed by atoms with van der Waals surface area (Å²) in [5.74, 6) is -0.374. The second-order valence-corrected chi connectivity index (χ2v) is 5.72. The van der Waals surface area contributed by atoms with Gasteiger partial charge in [-0.05, 0) is 38.1 Å². The van der Waals surface area contributed by atoms with E-state index in [1.54, 1.807) is 30.1 Å². The molecule has 136 valence electrons. The first kappa shape index (κ1) is 19.1. The minimum absolute atomic E-state index is 0.0844. The zero-order valence-corrected chi connectivity index (χ0v) is 14.8. The maximum atomic E-state index is 13.1. The van der Waals surface area contributed by atoms with Crippen LogP contribution in [0.25, 0.3) is 5.69 Å². The smallest absolute Gasteiger partial charge is 0.222 e. The Morgan fingerprint density at radius 1 is 1.28 bits per heavy atom. The molecule has 0 radical (unpaired) electrons. The predicted octanol–water partition coefficient (Wildman–Crippen LogP) is 2.55. The molecule has 0 aliphatic rings. The van der Waals surface area contributed by atoms with Crippen molar-refractivity contribution in [1.29, 1.82) is 0 Å². The Bertz CT molecular complexity index is 685. The van der Waals surface area contributed by atoms with Crippen LogP contribution in [0.2, 0.25) is 0 Å². The van der Waals surface area contributed by atoms with Gasteiger partial charge in [0, 0.05) is 24.8 Å². The molecule has 0 fully saturated rings. The fourth-order valence-electron chi connectivity index (χ4n) is 2.49. The SMILES string of the molecule is COCCOCCC(=O)N[C@@H](C)c1cnn(-c2ccc(F)cc2)c1C. The Hall–Kier alpha value is -2.25. The number of hydrogen-bond acceptors (Lipinski definition) is 4. The average Bonchev–Trinajstić information content (AvgIpc) is 2.97. The van der Waals surface area contributed by atoms with Crippen LogP contribution in [0.4, 0.5) is 4.39 Å². The Balaban J connectivity index is 1.92. The molecule has 0 saturated carbocycles. The summed E-state index contributed by atoms with van der Waals surface area (Å²) in [5.41, 5.74) is 2.59. The Morgan fingerprint density at radius 2 is 2.00 bits per heavy atom. The number of carbonyl (C=O) groups is 1. The monoisotopic (exact) mass is 349 g/mol. The summed E-state index contributed by atoms with van der Waals surface area (Å²) in [4.78, 5) is 12.0. The number of hydrogen-bond donors (Lipinski definition) is 1. The summed E-state index contributed by atoms with van der Waals surface area (Å²) in [6.45, 7) is 5.17. The largest absolute Gasteiger partial charge is 0.382 e. The molecule has 1 aromatic heterocycles. The normalized spacial score (nSPS) is 12.2. The van der Waals surface area contributed by atoms with E-state index in [0.717, 1.165) is 16.9 Å². The van der Waals surface area contributed by atoms with Gasteiger partial charge in [0.25, 0.3) is 0 Å². The molecule has 1 aromatic carbocycles. The number of nitrogens with one attached hydrogen (secondary N) is 1. The number of nitrogens with zero attached hydrogens (tertiary/aromatic N) is 2. The van der Waals surface area contributed by atoms with Crippen LogP contribution in [-0.4, -0.2) is 42.6 Å². The van der Waals surface area contributed by atoms with Crippen molar-refractivity contribution in [1.82, 2.24) is 15.1 Å². The summed E-state index contributed by atoms with van der Waals surface area (Å²) in [6, 6.07) is 5.94. The molecular formula is C18H24FN3O3. The van der Waals surface area contributed by atoms with Gasteiger partial charge in [-0.3, -0.25) is 4.79 Å². The van der Waals surface area contributed by atoms with E-state index in [4.69, 9.17) is 9.47 Å². The summed E-state index contributed by atoms with van der Waals surface area (Å²) in [5, 5.41) is 7.28. The molecule has 0 saturated heterocycles. The van der Waals surface area contributed by atoms with Crippen LogP contribution in [0.5, 0.6) is 0 Å². The molecule has 1 heterocycles. The van der Waals surface area contributed by atoms with Crippen molar-refractivity contribution in [2.45, 2.75) is 26.3 Å². The highest BCUT2D eigenvalue weighted by atomic mass is 19.1. The molecule has 6 nitrogen and oxygen atoms in total. The highest BCUT2D eigenvalue weighted by Crippen LogP contribution is 2.20. The molecule has 1 N–H and O–H groups in total. The number of amides is 1. The van der Waals surface area contributed by atoms with Crippen LogP contribution < -0.4 is 5.32 Å². The Kier molecular flexibility index (Phi) is 7.09. The fourth-order valence-corrected chi connectivity index (χ4v) is 2.49. The molecule has 0 unspecified atom stereocenters. The topological polar surface area (TPSA) is 65.4 Å². The van der Waals surface area contributed by atoms with Gasteiger partial charge in [0.05, 0.1) is 37.7 Å². The number of aromatic nitrogens is 2. The van der Waals surface area contributed by atoms with Crippen LogP contribution in [0, 0.1) is 12.7 Å². The van der Waals surface area contributed by atoms with Gasteiger partial charge in [-0.2, -0.15) is 5.10 Å². The first-order valence-electron chi connectivity index (χ1n) is 8.19. The van der Waals surface area contributed by atoms with Crippen molar-refractivity contribution in [3.8, 4) is 5.69 Å². The van der Waals surface area contributed by atoms with E-state index < -0.39 is 0 Å². The second kappa shape index (κ2) is 9.29. The maximum absolute atomic E-state index is 13.1. The zero-order chi connectivity index (χ0) is 18.2.